The Morgan fingerprint density at radius 3 is 2.52 bits per heavy atom. The van der Waals surface area contributed by atoms with Crippen molar-refractivity contribution in [2.24, 2.45) is 0 Å². The van der Waals surface area contributed by atoms with Crippen LogP contribution in [0.1, 0.15) is 11.1 Å². The molecule has 134 valence electrons. The molecule has 1 atom stereocenters. The molecule has 0 spiro atoms. The fraction of sp³-hybridized carbons (Fsp3) is 0.316. The van der Waals surface area contributed by atoms with E-state index in [0.717, 1.165) is 22.8 Å². The number of ether oxygens (including phenoxy) is 1. The van der Waals surface area contributed by atoms with Gasteiger partial charge in [-0.1, -0.05) is 29.3 Å². The molecule has 2 N–H and O–H groups in total. The molecule has 0 aromatic heterocycles. The summed E-state index contributed by atoms with van der Waals surface area (Å²) in [5.41, 5.74) is 2.14. The van der Waals surface area contributed by atoms with E-state index in [1.807, 2.05) is 37.4 Å². The molecule has 0 bridgehead atoms. The Bertz CT molecular complexity index is 705. The maximum Gasteiger partial charge on any atom is 0.275 e. The van der Waals surface area contributed by atoms with Gasteiger partial charge in [-0.15, -0.1) is 0 Å². The third-order valence-corrected chi connectivity index (χ3v) is 4.45. The molecular formula is C19H23Cl2N2O2+. The topological polar surface area (TPSA) is 42.8 Å². The molecule has 0 aliphatic carbocycles. The largest absolute Gasteiger partial charge is 0.497 e. The van der Waals surface area contributed by atoms with Crippen LogP contribution < -0.4 is 15.0 Å². The smallest absolute Gasteiger partial charge is 0.275 e. The van der Waals surface area contributed by atoms with Gasteiger partial charge < -0.3 is 15.0 Å². The molecule has 0 fully saturated rings. The maximum absolute atomic E-state index is 12.1. The van der Waals surface area contributed by atoms with Crippen molar-refractivity contribution in [2.75, 3.05) is 27.2 Å². The Kier molecular flexibility index (Phi) is 7.56. The average molecular weight is 382 g/mol. The van der Waals surface area contributed by atoms with Gasteiger partial charge in [0, 0.05) is 22.2 Å². The molecule has 2 aromatic carbocycles. The fourth-order valence-corrected chi connectivity index (χ4v) is 3.05. The second kappa shape index (κ2) is 9.66. The number of carbonyl (C=O) groups is 1. The summed E-state index contributed by atoms with van der Waals surface area (Å²) in [4.78, 5) is 13.2. The van der Waals surface area contributed by atoms with Gasteiger partial charge >= 0.3 is 0 Å². The van der Waals surface area contributed by atoms with Crippen molar-refractivity contribution >= 4 is 29.1 Å². The maximum atomic E-state index is 12.1. The highest BCUT2D eigenvalue weighted by Crippen LogP contribution is 2.21. The lowest BCUT2D eigenvalue weighted by molar-refractivity contribution is -0.885. The van der Waals surface area contributed by atoms with E-state index >= 15 is 0 Å². The molecule has 0 saturated heterocycles. The fourth-order valence-electron chi connectivity index (χ4n) is 2.55. The molecule has 0 saturated carbocycles. The van der Waals surface area contributed by atoms with Crippen molar-refractivity contribution in [3.8, 4) is 5.75 Å². The van der Waals surface area contributed by atoms with Crippen LogP contribution in [0.25, 0.3) is 0 Å². The molecule has 1 amide bonds. The highest BCUT2D eigenvalue weighted by Gasteiger charge is 2.11. The van der Waals surface area contributed by atoms with Crippen LogP contribution in [0.2, 0.25) is 10.0 Å². The molecule has 1 unspecified atom stereocenters. The van der Waals surface area contributed by atoms with Crippen molar-refractivity contribution in [1.29, 1.82) is 0 Å². The number of rotatable bonds is 8. The molecule has 25 heavy (non-hydrogen) atoms. The van der Waals surface area contributed by atoms with Crippen molar-refractivity contribution in [2.45, 2.75) is 13.0 Å². The van der Waals surface area contributed by atoms with Gasteiger partial charge in [-0.05, 0) is 48.4 Å². The van der Waals surface area contributed by atoms with E-state index in [-0.39, 0.29) is 5.91 Å². The molecular weight excluding hydrogens is 359 g/mol. The molecule has 2 aromatic rings. The van der Waals surface area contributed by atoms with Gasteiger partial charge in [0.05, 0.1) is 14.2 Å². The van der Waals surface area contributed by atoms with E-state index in [1.165, 1.54) is 5.56 Å². The summed E-state index contributed by atoms with van der Waals surface area (Å²) in [7, 11) is 3.65. The molecule has 6 heteroatoms. The predicted octanol–water partition coefficient (Wildman–Crippen LogP) is 2.38. The van der Waals surface area contributed by atoms with Crippen LogP contribution in [0.5, 0.6) is 5.75 Å². The van der Waals surface area contributed by atoms with E-state index < -0.39 is 0 Å². The summed E-state index contributed by atoms with van der Waals surface area (Å²) in [6, 6.07) is 13.3. The Morgan fingerprint density at radius 2 is 1.88 bits per heavy atom. The standard InChI is InChI=1S/C19H22Cl2N2O2/c1-23(12-14-3-7-17(25-2)8-4-14)13-19(24)22-10-9-15-5-6-16(20)11-18(15)21/h3-8,11H,9-10,12-13H2,1-2H3,(H,22,24)/p+1. The highest BCUT2D eigenvalue weighted by molar-refractivity contribution is 6.35. The van der Waals surface area contributed by atoms with E-state index in [4.69, 9.17) is 27.9 Å². The van der Waals surface area contributed by atoms with Crippen LogP contribution >= 0.6 is 23.2 Å². The molecule has 0 aliphatic heterocycles. The van der Waals surface area contributed by atoms with Crippen LogP contribution in [0, 0.1) is 0 Å². The normalized spacial score (nSPS) is 11.8. The van der Waals surface area contributed by atoms with Crippen molar-refractivity contribution in [3.63, 3.8) is 0 Å². The summed E-state index contributed by atoms with van der Waals surface area (Å²) in [5, 5.41) is 4.18. The van der Waals surface area contributed by atoms with Gasteiger partial charge in [0.25, 0.3) is 5.91 Å². The first-order valence-electron chi connectivity index (χ1n) is 8.13. The first-order chi connectivity index (χ1) is 12.0. The lowest BCUT2D eigenvalue weighted by atomic mass is 10.1. The Hall–Kier alpha value is -1.75. The van der Waals surface area contributed by atoms with E-state index in [0.29, 0.717) is 29.6 Å². The lowest BCUT2D eigenvalue weighted by Crippen LogP contribution is -3.08. The number of hydrogen-bond donors (Lipinski definition) is 2. The predicted molar refractivity (Wildman–Crippen MR) is 102 cm³/mol. The highest BCUT2D eigenvalue weighted by atomic mass is 35.5. The van der Waals surface area contributed by atoms with E-state index in [1.54, 1.807) is 19.2 Å². The van der Waals surface area contributed by atoms with Gasteiger partial charge in [-0.2, -0.15) is 0 Å². The van der Waals surface area contributed by atoms with Crippen LogP contribution in [0.15, 0.2) is 42.5 Å². The average Bonchev–Trinajstić information content (AvgIpc) is 2.57. The molecule has 0 heterocycles. The summed E-state index contributed by atoms with van der Waals surface area (Å²) in [6.07, 6.45) is 0.680. The summed E-state index contributed by atoms with van der Waals surface area (Å²) < 4.78 is 5.15. The Balaban J connectivity index is 1.73. The SMILES string of the molecule is COc1ccc(C[NH+](C)CC(=O)NCCc2ccc(Cl)cc2Cl)cc1. The zero-order chi connectivity index (χ0) is 18.2. The van der Waals surface area contributed by atoms with Crippen LogP contribution in [0.4, 0.5) is 0 Å². The van der Waals surface area contributed by atoms with Crippen LogP contribution in [-0.2, 0) is 17.8 Å². The second-order valence-corrected chi connectivity index (χ2v) is 6.84. The number of nitrogens with one attached hydrogen (secondary N) is 2. The summed E-state index contributed by atoms with van der Waals surface area (Å²) in [5.74, 6) is 0.858. The monoisotopic (exact) mass is 381 g/mol. The van der Waals surface area contributed by atoms with Crippen LogP contribution in [-0.4, -0.2) is 33.2 Å². The van der Waals surface area contributed by atoms with Gasteiger partial charge in [-0.25, -0.2) is 0 Å². The third kappa shape index (κ3) is 6.58. The minimum absolute atomic E-state index is 0.0242. The number of carbonyl (C=O) groups excluding carboxylic acids is 1. The van der Waals surface area contributed by atoms with E-state index in [2.05, 4.69) is 5.32 Å². The first-order valence-corrected chi connectivity index (χ1v) is 8.88. The summed E-state index contributed by atoms with van der Waals surface area (Å²) in [6.45, 7) is 1.75. The number of methoxy groups -OCH3 is 1. The number of amides is 1. The van der Waals surface area contributed by atoms with Crippen molar-refractivity contribution in [1.82, 2.24) is 5.32 Å². The molecule has 0 radical (unpaired) electrons. The van der Waals surface area contributed by atoms with Crippen molar-refractivity contribution < 1.29 is 14.4 Å². The Labute approximate surface area is 158 Å². The second-order valence-electron chi connectivity index (χ2n) is 5.99. The van der Waals surface area contributed by atoms with Gasteiger partial charge in [0.2, 0.25) is 0 Å². The summed E-state index contributed by atoms with van der Waals surface area (Å²) >= 11 is 12.0. The Morgan fingerprint density at radius 1 is 1.16 bits per heavy atom. The first kappa shape index (κ1) is 19.6. The minimum atomic E-state index is 0.0242. The van der Waals surface area contributed by atoms with Crippen molar-refractivity contribution in [3.05, 3.63) is 63.6 Å². The molecule has 0 aliphatic rings. The van der Waals surface area contributed by atoms with Gasteiger partial charge in [0.1, 0.15) is 12.3 Å². The van der Waals surface area contributed by atoms with E-state index in [9.17, 15) is 4.79 Å². The zero-order valence-corrected chi connectivity index (χ0v) is 16.0. The number of benzene rings is 2. The third-order valence-electron chi connectivity index (χ3n) is 3.86. The number of quaternary nitrogens is 1. The number of halogens is 2. The number of likely N-dealkylation sites (N-methyl/N-ethyl adjacent to an activating group) is 1. The zero-order valence-electron chi connectivity index (χ0n) is 14.4. The lowest BCUT2D eigenvalue weighted by Gasteiger charge is -2.14. The molecule has 2 rings (SSSR count). The quantitative estimate of drug-likeness (QED) is 0.736. The number of hydrogen-bond acceptors (Lipinski definition) is 2. The van der Waals surface area contributed by atoms with Gasteiger partial charge in [-0.3, -0.25) is 4.79 Å². The molecule has 4 nitrogen and oxygen atoms in total. The van der Waals surface area contributed by atoms with Gasteiger partial charge in [0.15, 0.2) is 6.54 Å². The minimum Gasteiger partial charge on any atom is -0.497 e. The van der Waals surface area contributed by atoms with Crippen LogP contribution in [0.3, 0.4) is 0 Å².